The summed E-state index contributed by atoms with van der Waals surface area (Å²) in [4.78, 5) is 15.4. The minimum absolute atomic E-state index is 0.314. The Balaban J connectivity index is 1.85. The molecule has 3 rings (SSSR count). The summed E-state index contributed by atoms with van der Waals surface area (Å²) in [7, 11) is 0. The van der Waals surface area contributed by atoms with Gasteiger partial charge in [0.25, 0.3) is 0 Å². The zero-order chi connectivity index (χ0) is 12.5. The van der Waals surface area contributed by atoms with Crippen LogP contribution in [0.5, 0.6) is 0 Å². The van der Waals surface area contributed by atoms with Crippen LogP contribution in [0.2, 0.25) is 0 Å². The molecule has 2 aromatic rings. The first kappa shape index (κ1) is 11.4. The van der Waals surface area contributed by atoms with Crippen LogP contribution in [-0.2, 0) is 0 Å². The van der Waals surface area contributed by atoms with E-state index in [9.17, 15) is 4.79 Å². The molecule has 0 spiro atoms. The van der Waals surface area contributed by atoms with E-state index in [1.165, 1.54) is 25.0 Å². The Labute approximate surface area is 109 Å². The highest BCUT2D eigenvalue weighted by molar-refractivity contribution is 7.13. The van der Waals surface area contributed by atoms with Gasteiger partial charge < -0.3 is 5.11 Å². The molecular weight excluding hydrogens is 246 g/mol. The Hall–Kier alpha value is -1.68. The van der Waals surface area contributed by atoms with E-state index < -0.39 is 5.97 Å². The van der Waals surface area contributed by atoms with Crippen LogP contribution in [0.15, 0.2) is 29.6 Å². The Morgan fingerprint density at radius 2 is 2.00 bits per heavy atom. The highest BCUT2D eigenvalue weighted by Gasteiger charge is 2.22. The van der Waals surface area contributed by atoms with Gasteiger partial charge in [0.05, 0.1) is 11.3 Å². The van der Waals surface area contributed by atoms with Crippen LogP contribution < -0.4 is 0 Å². The van der Waals surface area contributed by atoms with Crippen molar-refractivity contribution in [3.8, 4) is 10.6 Å². The first-order valence-electron chi connectivity index (χ1n) is 6.03. The lowest BCUT2D eigenvalue weighted by atomic mass is 9.83. The van der Waals surface area contributed by atoms with Gasteiger partial charge in [0.2, 0.25) is 0 Å². The molecule has 1 aliphatic rings. The maximum atomic E-state index is 10.8. The normalized spacial score (nSPS) is 15.3. The number of carboxylic acids is 1. The summed E-state index contributed by atoms with van der Waals surface area (Å²) in [5, 5.41) is 12.0. The van der Waals surface area contributed by atoms with Crippen LogP contribution in [0, 0.1) is 0 Å². The number of hydrogen-bond donors (Lipinski definition) is 1. The third-order valence-corrected chi connectivity index (χ3v) is 4.33. The molecule has 1 N–H and O–H groups in total. The number of carboxylic acid groups (broad SMARTS) is 1. The van der Waals surface area contributed by atoms with Crippen molar-refractivity contribution in [2.45, 2.75) is 25.2 Å². The number of rotatable bonds is 3. The van der Waals surface area contributed by atoms with Gasteiger partial charge in [-0.15, -0.1) is 11.3 Å². The number of carbonyl (C=O) groups is 1. The van der Waals surface area contributed by atoms with Crippen molar-refractivity contribution in [2.75, 3.05) is 0 Å². The molecule has 1 aromatic heterocycles. The lowest BCUT2D eigenvalue weighted by molar-refractivity contribution is 0.0697. The Morgan fingerprint density at radius 3 is 2.56 bits per heavy atom. The summed E-state index contributed by atoms with van der Waals surface area (Å²) in [6, 6.07) is 6.91. The fraction of sp³-hybridized carbons (Fsp3) is 0.286. The second kappa shape index (κ2) is 4.53. The number of aromatic carboxylic acids is 1. The van der Waals surface area contributed by atoms with Gasteiger partial charge in [-0.3, -0.25) is 0 Å². The summed E-state index contributed by atoms with van der Waals surface area (Å²) in [5.74, 6) is -0.246. The van der Waals surface area contributed by atoms with Crippen LogP contribution in [0.25, 0.3) is 10.6 Å². The zero-order valence-corrected chi connectivity index (χ0v) is 10.6. The van der Waals surface area contributed by atoms with Crippen molar-refractivity contribution in [3.63, 3.8) is 0 Å². The van der Waals surface area contributed by atoms with Gasteiger partial charge in [-0.05, 0) is 25.0 Å². The third-order valence-electron chi connectivity index (χ3n) is 3.42. The van der Waals surface area contributed by atoms with E-state index in [4.69, 9.17) is 5.11 Å². The molecule has 0 unspecified atom stereocenters. The van der Waals surface area contributed by atoms with E-state index in [1.54, 1.807) is 23.5 Å². The zero-order valence-electron chi connectivity index (χ0n) is 9.80. The van der Waals surface area contributed by atoms with Crippen LogP contribution in [-0.4, -0.2) is 16.1 Å². The van der Waals surface area contributed by atoms with Gasteiger partial charge >= 0.3 is 5.97 Å². The topological polar surface area (TPSA) is 50.2 Å². The molecule has 18 heavy (non-hydrogen) atoms. The molecular formula is C14H13NO2S. The van der Waals surface area contributed by atoms with E-state index in [1.807, 2.05) is 12.1 Å². The number of benzene rings is 1. The highest BCUT2D eigenvalue weighted by Crippen LogP contribution is 2.38. The second-order valence-corrected chi connectivity index (χ2v) is 5.45. The highest BCUT2D eigenvalue weighted by atomic mass is 32.1. The lowest BCUT2D eigenvalue weighted by Gasteiger charge is -2.22. The van der Waals surface area contributed by atoms with Crippen molar-refractivity contribution in [1.29, 1.82) is 0 Å². The molecule has 1 aliphatic carbocycles. The monoisotopic (exact) mass is 259 g/mol. The molecule has 92 valence electrons. The fourth-order valence-electron chi connectivity index (χ4n) is 2.07. The molecule has 1 aromatic carbocycles. The number of nitrogens with zero attached hydrogens (tertiary/aromatic N) is 1. The van der Waals surface area contributed by atoms with Crippen molar-refractivity contribution in [2.24, 2.45) is 0 Å². The minimum atomic E-state index is -0.893. The summed E-state index contributed by atoms with van der Waals surface area (Å²) in [6.07, 6.45) is 3.81. The molecule has 0 bridgehead atoms. The first-order chi connectivity index (χ1) is 8.74. The summed E-state index contributed by atoms with van der Waals surface area (Å²) >= 11 is 1.64. The van der Waals surface area contributed by atoms with Gasteiger partial charge in [-0.25, -0.2) is 9.78 Å². The first-order valence-corrected chi connectivity index (χ1v) is 6.91. The SMILES string of the molecule is O=C(O)c1ccc(-c2nc(C3CCC3)cs2)cc1. The molecule has 0 radical (unpaired) electrons. The van der Waals surface area contributed by atoms with Gasteiger partial charge in [-0.2, -0.15) is 0 Å². The van der Waals surface area contributed by atoms with Gasteiger partial charge in [0.15, 0.2) is 0 Å². The quantitative estimate of drug-likeness (QED) is 0.912. The number of thiazole rings is 1. The van der Waals surface area contributed by atoms with Crippen LogP contribution in [0.3, 0.4) is 0 Å². The Morgan fingerprint density at radius 1 is 1.28 bits per heavy atom. The third kappa shape index (κ3) is 2.04. The van der Waals surface area contributed by atoms with Crippen LogP contribution >= 0.6 is 11.3 Å². The van der Waals surface area contributed by atoms with Gasteiger partial charge in [0, 0.05) is 16.9 Å². The standard InChI is InChI=1S/C14H13NO2S/c16-14(17)11-6-4-10(5-7-11)13-15-12(8-18-13)9-2-1-3-9/h4-9H,1-3H2,(H,16,17). The molecule has 1 heterocycles. The van der Waals surface area contributed by atoms with E-state index >= 15 is 0 Å². The van der Waals surface area contributed by atoms with Gasteiger partial charge in [-0.1, -0.05) is 18.6 Å². The molecule has 0 atom stereocenters. The van der Waals surface area contributed by atoms with Gasteiger partial charge in [0.1, 0.15) is 5.01 Å². The molecule has 0 amide bonds. The molecule has 0 saturated heterocycles. The number of aromatic nitrogens is 1. The smallest absolute Gasteiger partial charge is 0.335 e. The van der Waals surface area contributed by atoms with Crippen molar-refractivity contribution >= 4 is 17.3 Å². The predicted octanol–water partition coefficient (Wildman–Crippen LogP) is 3.78. The predicted molar refractivity (Wildman–Crippen MR) is 71.1 cm³/mol. The van der Waals surface area contributed by atoms with E-state index in [0.29, 0.717) is 11.5 Å². The van der Waals surface area contributed by atoms with Crippen LogP contribution in [0.4, 0.5) is 0 Å². The maximum absolute atomic E-state index is 10.8. The van der Waals surface area contributed by atoms with Crippen LogP contribution in [0.1, 0.15) is 41.2 Å². The summed E-state index contributed by atoms with van der Waals surface area (Å²) < 4.78 is 0. The lowest BCUT2D eigenvalue weighted by Crippen LogP contribution is -2.08. The van der Waals surface area contributed by atoms with Crippen molar-refractivity contribution in [3.05, 3.63) is 40.9 Å². The average Bonchev–Trinajstić information content (AvgIpc) is 2.76. The maximum Gasteiger partial charge on any atom is 0.335 e. The van der Waals surface area contributed by atoms with Crippen molar-refractivity contribution < 1.29 is 9.90 Å². The minimum Gasteiger partial charge on any atom is -0.478 e. The van der Waals surface area contributed by atoms with E-state index in [0.717, 1.165) is 10.6 Å². The van der Waals surface area contributed by atoms with E-state index in [-0.39, 0.29) is 0 Å². The average molecular weight is 259 g/mol. The largest absolute Gasteiger partial charge is 0.478 e. The molecule has 3 nitrogen and oxygen atoms in total. The Bertz CT molecular complexity index is 570. The fourth-order valence-corrected chi connectivity index (χ4v) is 2.97. The van der Waals surface area contributed by atoms with Crippen molar-refractivity contribution in [1.82, 2.24) is 4.98 Å². The summed E-state index contributed by atoms with van der Waals surface area (Å²) in [5.41, 5.74) is 2.51. The second-order valence-electron chi connectivity index (χ2n) is 4.59. The van der Waals surface area contributed by atoms with E-state index in [2.05, 4.69) is 10.4 Å². The molecule has 1 saturated carbocycles. The number of hydrogen-bond acceptors (Lipinski definition) is 3. The molecule has 1 fully saturated rings. The molecule has 4 heteroatoms. The molecule has 0 aliphatic heterocycles. The summed E-state index contributed by atoms with van der Waals surface area (Å²) in [6.45, 7) is 0. The Kier molecular flexibility index (Phi) is 2.88.